The van der Waals surface area contributed by atoms with Crippen molar-refractivity contribution in [2.75, 3.05) is 26.4 Å². The Kier molecular flexibility index (Phi) is 16.0. The topological polar surface area (TPSA) is 98.8 Å². The van der Waals surface area contributed by atoms with Gasteiger partial charge in [0.1, 0.15) is 13.2 Å². The Hall–Kier alpha value is -1.26. The molecule has 0 radical (unpaired) electrons. The second kappa shape index (κ2) is 16.6. The lowest BCUT2D eigenvalue weighted by Crippen LogP contribution is -2.44. The van der Waals surface area contributed by atoms with E-state index in [0.717, 1.165) is 0 Å². The molecule has 0 bridgehead atoms. The van der Waals surface area contributed by atoms with Crippen molar-refractivity contribution in [3.05, 3.63) is 0 Å². The lowest BCUT2D eigenvalue weighted by molar-refractivity contribution is -0.188. The number of rotatable bonds is 19. The molecule has 5 unspecified atom stereocenters. The number of hydrogen-bond acceptors (Lipinski definition) is 9. The van der Waals surface area contributed by atoms with Crippen molar-refractivity contribution in [2.24, 2.45) is 0 Å². The molecule has 0 heterocycles. The van der Waals surface area contributed by atoms with Crippen LogP contribution in [0.4, 0.5) is 0 Å². The minimum atomic E-state index is -1.14. The number of hydrogen-bond donors (Lipinski definition) is 0. The molecule has 0 saturated carbocycles. The number of ether oxygens (including phenoxy) is 7. The zero-order valence-corrected chi connectivity index (χ0v) is 24.7. The van der Waals surface area contributed by atoms with Gasteiger partial charge in [-0.25, -0.2) is 9.59 Å². The zero-order chi connectivity index (χ0) is 28.1. The molecule has 0 aliphatic rings. The normalized spacial score (nSPS) is 17.4. The number of carbonyl (C=O) groups excluding carboxylic acids is 2. The minimum absolute atomic E-state index is 0.0558. The first-order chi connectivity index (χ1) is 16.5. The van der Waals surface area contributed by atoms with Crippen LogP contribution < -0.4 is 0 Å². The van der Waals surface area contributed by atoms with E-state index in [-0.39, 0.29) is 63.1 Å². The molecule has 5 atom stereocenters. The Morgan fingerprint density at radius 1 is 0.611 bits per heavy atom. The van der Waals surface area contributed by atoms with Gasteiger partial charge in [-0.15, -0.1) is 0 Å². The molecule has 0 aromatic rings. The van der Waals surface area contributed by atoms with Gasteiger partial charge < -0.3 is 33.2 Å². The van der Waals surface area contributed by atoms with E-state index in [9.17, 15) is 9.59 Å². The Labute approximate surface area is 218 Å². The standard InChI is InChI=1S/C27H52O9/c1-13-27(12,25(29)32-17-21(7)34-19(4)5)36-23(9)15-30-14-22(8)35-26(10,11)24(28)31-16-20(6)33-18(2)3/h18-23H,13-17H2,1-12H3. The summed E-state index contributed by atoms with van der Waals surface area (Å²) < 4.78 is 39.6. The van der Waals surface area contributed by atoms with Gasteiger partial charge in [0.2, 0.25) is 0 Å². The third kappa shape index (κ3) is 14.5. The highest BCUT2D eigenvalue weighted by molar-refractivity contribution is 5.79. The molecule has 0 aliphatic carbocycles. The van der Waals surface area contributed by atoms with Crippen molar-refractivity contribution < 1.29 is 42.7 Å². The third-order valence-corrected chi connectivity index (χ3v) is 5.17. The molecule has 9 heteroatoms. The lowest BCUT2D eigenvalue weighted by atomic mass is 10.0. The Morgan fingerprint density at radius 2 is 1.03 bits per heavy atom. The van der Waals surface area contributed by atoms with Crippen molar-refractivity contribution >= 4 is 11.9 Å². The van der Waals surface area contributed by atoms with Gasteiger partial charge in [0, 0.05) is 0 Å². The SMILES string of the molecule is CCC(C)(OC(C)COCC(C)OC(C)(C)C(=O)OCC(C)OC(C)C)C(=O)OCC(C)OC(C)C. The molecule has 214 valence electrons. The number of esters is 2. The van der Waals surface area contributed by atoms with Crippen LogP contribution in [0, 0.1) is 0 Å². The predicted molar refractivity (Wildman–Crippen MR) is 138 cm³/mol. The molecule has 36 heavy (non-hydrogen) atoms. The van der Waals surface area contributed by atoms with Crippen molar-refractivity contribution in [3.8, 4) is 0 Å². The summed E-state index contributed by atoms with van der Waals surface area (Å²) in [5, 5.41) is 0. The summed E-state index contributed by atoms with van der Waals surface area (Å²) in [6.07, 6.45) is -0.564. The van der Waals surface area contributed by atoms with E-state index in [1.54, 1.807) is 20.8 Å². The molecule has 0 spiro atoms. The van der Waals surface area contributed by atoms with Crippen LogP contribution >= 0.6 is 0 Å². The van der Waals surface area contributed by atoms with E-state index in [0.29, 0.717) is 6.42 Å². The van der Waals surface area contributed by atoms with Gasteiger partial charge in [-0.2, -0.15) is 0 Å². The summed E-state index contributed by atoms with van der Waals surface area (Å²) in [5.74, 6) is -0.892. The first kappa shape index (κ1) is 34.7. The zero-order valence-electron chi connectivity index (χ0n) is 24.7. The van der Waals surface area contributed by atoms with Crippen LogP contribution in [-0.4, -0.2) is 86.2 Å². The minimum Gasteiger partial charge on any atom is -0.461 e. The molecule has 0 fully saturated rings. The van der Waals surface area contributed by atoms with E-state index < -0.39 is 23.1 Å². The maximum Gasteiger partial charge on any atom is 0.338 e. The fourth-order valence-electron chi connectivity index (χ4n) is 3.46. The monoisotopic (exact) mass is 520 g/mol. The molecule has 0 saturated heterocycles. The quantitative estimate of drug-likeness (QED) is 0.228. The van der Waals surface area contributed by atoms with Crippen molar-refractivity contribution in [1.82, 2.24) is 0 Å². The highest BCUT2D eigenvalue weighted by Crippen LogP contribution is 2.21. The largest absolute Gasteiger partial charge is 0.461 e. The van der Waals surface area contributed by atoms with Gasteiger partial charge in [0.05, 0.1) is 49.8 Å². The van der Waals surface area contributed by atoms with Crippen LogP contribution in [0.25, 0.3) is 0 Å². The van der Waals surface area contributed by atoms with Gasteiger partial charge in [0.15, 0.2) is 11.2 Å². The van der Waals surface area contributed by atoms with Gasteiger partial charge in [-0.1, -0.05) is 6.92 Å². The van der Waals surface area contributed by atoms with Gasteiger partial charge >= 0.3 is 11.9 Å². The summed E-state index contributed by atoms with van der Waals surface area (Å²) in [7, 11) is 0. The maximum atomic E-state index is 12.7. The third-order valence-electron chi connectivity index (χ3n) is 5.17. The van der Waals surface area contributed by atoms with Crippen LogP contribution in [0.5, 0.6) is 0 Å². The molecule has 0 amide bonds. The highest BCUT2D eigenvalue weighted by atomic mass is 16.6. The second-order valence-electron chi connectivity index (χ2n) is 10.7. The van der Waals surface area contributed by atoms with Crippen molar-refractivity contribution in [2.45, 2.75) is 137 Å². The molecule has 0 aliphatic heterocycles. The maximum absolute atomic E-state index is 12.7. The van der Waals surface area contributed by atoms with Gasteiger partial charge in [-0.05, 0) is 82.6 Å². The van der Waals surface area contributed by atoms with Crippen LogP contribution in [0.3, 0.4) is 0 Å². The molecule has 9 nitrogen and oxygen atoms in total. The Morgan fingerprint density at radius 3 is 1.44 bits per heavy atom. The van der Waals surface area contributed by atoms with Gasteiger partial charge in [0.25, 0.3) is 0 Å². The lowest BCUT2D eigenvalue weighted by Gasteiger charge is -2.31. The first-order valence-electron chi connectivity index (χ1n) is 13.1. The number of carbonyl (C=O) groups is 2. The van der Waals surface area contributed by atoms with E-state index in [4.69, 9.17) is 33.2 Å². The second-order valence-corrected chi connectivity index (χ2v) is 10.7. The summed E-state index contributed by atoms with van der Waals surface area (Å²) in [6, 6.07) is 0. The van der Waals surface area contributed by atoms with Crippen LogP contribution in [0.1, 0.15) is 89.5 Å². The van der Waals surface area contributed by atoms with Crippen LogP contribution in [0.2, 0.25) is 0 Å². The van der Waals surface area contributed by atoms with E-state index in [2.05, 4.69) is 0 Å². The van der Waals surface area contributed by atoms with E-state index in [1.807, 2.05) is 62.3 Å². The molecule has 0 rings (SSSR count). The summed E-state index contributed by atoms with van der Waals surface area (Å²) in [5.41, 5.74) is -2.23. The summed E-state index contributed by atoms with van der Waals surface area (Å²) in [6.45, 7) is 22.8. The molecular weight excluding hydrogens is 468 g/mol. The fourth-order valence-corrected chi connectivity index (χ4v) is 3.46. The Balaban J connectivity index is 4.52. The van der Waals surface area contributed by atoms with E-state index in [1.165, 1.54) is 0 Å². The molecule has 0 aromatic carbocycles. The molecule has 0 N–H and O–H groups in total. The fraction of sp³-hybridized carbons (Fsp3) is 0.926. The van der Waals surface area contributed by atoms with E-state index >= 15 is 0 Å². The molecule has 0 aromatic heterocycles. The van der Waals surface area contributed by atoms with Crippen molar-refractivity contribution in [3.63, 3.8) is 0 Å². The van der Waals surface area contributed by atoms with Crippen LogP contribution in [0.15, 0.2) is 0 Å². The summed E-state index contributed by atoms with van der Waals surface area (Å²) in [4.78, 5) is 25.1. The molecular formula is C27H52O9. The average Bonchev–Trinajstić information content (AvgIpc) is 2.74. The summed E-state index contributed by atoms with van der Waals surface area (Å²) >= 11 is 0. The smallest absolute Gasteiger partial charge is 0.338 e. The predicted octanol–water partition coefficient (Wildman–Crippen LogP) is 4.47. The average molecular weight is 521 g/mol. The highest BCUT2D eigenvalue weighted by Gasteiger charge is 2.37. The van der Waals surface area contributed by atoms with Crippen LogP contribution in [-0.2, 0) is 42.7 Å². The van der Waals surface area contributed by atoms with Crippen molar-refractivity contribution in [1.29, 1.82) is 0 Å². The van der Waals surface area contributed by atoms with Gasteiger partial charge in [-0.3, -0.25) is 0 Å². The first-order valence-corrected chi connectivity index (χ1v) is 13.1. The Bertz CT molecular complexity index is 635.